The first-order valence-corrected chi connectivity index (χ1v) is 15.8. The molecule has 1 aliphatic carbocycles. The fraction of sp³-hybridized carbons (Fsp3) is 0.333. The lowest BCUT2D eigenvalue weighted by atomic mass is 9.69. The average Bonchev–Trinajstić information content (AvgIpc) is 3.45. The number of aliphatic hydroxyl groups excluding tert-OH is 1. The quantitative estimate of drug-likeness (QED) is 0.161. The monoisotopic (exact) mass is 660 g/mol. The molecule has 5 aromatic rings. The molecule has 3 heterocycles. The fourth-order valence-corrected chi connectivity index (χ4v) is 6.26. The molecule has 1 fully saturated rings. The number of nitrogens with zero attached hydrogens (tertiary/aromatic N) is 4. The van der Waals surface area contributed by atoms with Crippen molar-refractivity contribution in [3.63, 3.8) is 0 Å². The highest BCUT2D eigenvalue weighted by atomic mass is 32.1. The van der Waals surface area contributed by atoms with E-state index in [9.17, 15) is 14.7 Å². The predicted molar refractivity (Wildman–Crippen MR) is 174 cm³/mol. The highest BCUT2D eigenvalue weighted by Crippen LogP contribution is 2.40. The lowest BCUT2D eigenvalue weighted by molar-refractivity contribution is 0.0428. The van der Waals surface area contributed by atoms with Crippen molar-refractivity contribution in [2.24, 2.45) is 5.41 Å². The van der Waals surface area contributed by atoms with Crippen LogP contribution in [0.15, 0.2) is 48.8 Å². The van der Waals surface area contributed by atoms with Gasteiger partial charge in [0.2, 0.25) is 5.88 Å². The Morgan fingerprint density at radius 2 is 1.94 bits per heavy atom. The molecule has 14 heteroatoms. The van der Waals surface area contributed by atoms with Crippen LogP contribution in [0.1, 0.15) is 42.2 Å². The van der Waals surface area contributed by atoms with Gasteiger partial charge in [-0.15, -0.1) is 11.3 Å². The van der Waals surface area contributed by atoms with Crippen LogP contribution < -0.4 is 20.1 Å². The molecule has 0 radical (unpaired) electrons. The summed E-state index contributed by atoms with van der Waals surface area (Å²) < 4.78 is 32.0. The highest BCUT2D eigenvalue weighted by Gasteiger charge is 2.36. The summed E-state index contributed by atoms with van der Waals surface area (Å²) in [5, 5.41) is 15.6. The van der Waals surface area contributed by atoms with E-state index in [1.54, 1.807) is 19.2 Å². The molecule has 0 aliphatic heterocycles. The van der Waals surface area contributed by atoms with Crippen LogP contribution in [0.4, 0.5) is 14.9 Å². The first-order chi connectivity index (χ1) is 22.6. The molecule has 3 N–H and O–H groups in total. The lowest BCUT2D eigenvalue weighted by Crippen LogP contribution is -2.44. The van der Waals surface area contributed by atoms with E-state index >= 15 is 4.39 Å². The number of aromatic nitrogens is 4. The number of ether oxygens (including phenoxy) is 3. The number of amides is 2. The number of fused-ring (bicyclic) bond motifs is 2. The molecule has 2 aromatic carbocycles. The van der Waals surface area contributed by atoms with Gasteiger partial charge in [-0.1, -0.05) is 6.42 Å². The first-order valence-electron chi connectivity index (χ1n) is 15.0. The summed E-state index contributed by atoms with van der Waals surface area (Å²) in [4.78, 5) is 42.6. The molecule has 0 unspecified atom stereocenters. The van der Waals surface area contributed by atoms with E-state index in [4.69, 9.17) is 14.2 Å². The van der Waals surface area contributed by atoms with Gasteiger partial charge in [0, 0.05) is 29.7 Å². The number of halogens is 1. The van der Waals surface area contributed by atoms with Gasteiger partial charge in [-0.2, -0.15) is 0 Å². The molecule has 3 aromatic heterocycles. The number of aryl methyl sites for hydroxylation is 1. The number of benzene rings is 2. The van der Waals surface area contributed by atoms with E-state index < -0.39 is 18.0 Å². The summed E-state index contributed by atoms with van der Waals surface area (Å²) in [7, 11) is 1.53. The molecule has 1 saturated carbocycles. The number of hydrogen-bond acceptors (Lipinski definition) is 11. The van der Waals surface area contributed by atoms with Crippen molar-refractivity contribution in [1.82, 2.24) is 25.3 Å². The number of rotatable bonds is 11. The van der Waals surface area contributed by atoms with Crippen LogP contribution in [-0.2, 0) is 4.74 Å². The van der Waals surface area contributed by atoms with E-state index in [0.29, 0.717) is 44.4 Å². The van der Waals surface area contributed by atoms with Crippen LogP contribution in [0.5, 0.6) is 11.6 Å². The fourth-order valence-electron chi connectivity index (χ4n) is 5.26. The zero-order valence-electron chi connectivity index (χ0n) is 26.0. The van der Waals surface area contributed by atoms with Crippen molar-refractivity contribution in [2.75, 3.05) is 32.2 Å². The molecule has 2 amide bonds. The second-order valence-corrected chi connectivity index (χ2v) is 12.7. The van der Waals surface area contributed by atoms with E-state index in [1.165, 1.54) is 42.8 Å². The minimum atomic E-state index is -0.760. The molecule has 6 rings (SSSR count). The van der Waals surface area contributed by atoms with Crippen LogP contribution in [0.3, 0.4) is 0 Å². The maximum absolute atomic E-state index is 15.0. The van der Waals surface area contributed by atoms with Crippen molar-refractivity contribution in [3.05, 3.63) is 65.9 Å². The topological polar surface area (TPSA) is 158 Å². The molecule has 47 heavy (non-hydrogen) atoms. The molecule has 0 spiro atoms. The summed E-state index contributed by atoms with van der Waals surface area (Å²) in [6.07, 6.45) is 4.20. The number of pyridine rings is 1. The molecule has 1 aliphatic rings. The molecule has 244 valence electrons. The lowest BCUT2D eigenvalue weighted by Gasteiger charge is -2.40. The van der Waals surface area contributed by atoms with E-state index in [1.807, 2.05) is 19.1 Å². The maximum atomic E-state index is 15.0. The molecular formula is C33H33FN6O6S. The number of nitrogens with one attached hydrogen (secondary N) is 2. The number of methoxy groups -OCH3 is 1. The second kappa shape index (κ2) is 13.4. The minimum absolute atomic E-state index is 0.00229. The third-order valence-corrected chi connectivity index (χ3v) is 9.10. The number of thiazole rings is 1. The zero-order valence-corrected chi connectivity index (χ0v) is 26.8. The number of aliphatic hydroxyl groups is 1. The maximum Gasteiger partial charge on any atom is 0.412 e. The Morgan fingerprint density at radius 3 is 2.64 bits per heavy atom. The molecular weight excluding hydrogens is 627 g/mol. The normalized spacial score (nSPS) is 14.3. The van der Waals surface area contributed by atoms with Crippen LogP contribution in [-0.4, -0.2) is 70.0 Å². The van der Waals surface area contributed by atoms with Crippen LogP contribution >= 0.6 is 11.3 Å². The largest absolute Gasteiger partial charge is 0.487 e. The molecule has 0 bridgehead atoms. The van der Waals surface area contributed by atoms with Gasteiger partial charge in [-0.3, -0.25) is 10.1 Å². The average molecular weight is 661 g/mol. The SMILES string of the molecule is COc1cnc2c(-c3nc4cc(F)c(OC[C@@H](C)OC(=O)Nc5ccc(C(=O)NCC6(CO)CCC6)nc5)cc4s3)cc(C)cc2n1. The molecule has 1 atom stereocenters. The van der Waals surface area contributed by atoms with Gasteiger partial charge in [0.25, 0.3) is 5.91 Å². The Labute approximate surface area is 273 Å². The van der Waals surface area contributed by atoms with Gasteiger partial charge in [0.15, 0.2) is 11.6 Å². The van der Waals surface area contributed by atoms with Crippen molar-refractivity contribution < 1.29 is 33.3 Å². The molecule has 12 nitrogen and oxygen atoms in total. The summed E-state index contributed by atoms with van der Waals surface area (Å²) in [5.74, 6) is -0.549. The number of carbonyl (C=O) groups is 2. The van der Waals surface area contributed by atoms with Gasteiger partial charge in [0.05, 0.1) is 53.0 Å². The van der Waals surface area contributed by atoms with E-state index in [0.717, 1.165) is 30.4 Å². The van der Waals surface area contributed by atoms with Crippen LogP contribution in [0, 0.1) is 18.2 Å². The summed E-state index contributed by atoms with van der Waals surface area (Å²) in [6.45, 7) is 3.88. The van der Waals surface area contributed by atoms with Crippen molar-refractivity contribution >= 4 is 50.3 Å². The van der Waals surface area contributed by atoms with Gasteiger partial charge < -0.3 is 24.6 Å². The summed E-state index contributed by atoms with van der Waals surface area (Å²) in [5.41, 5.74) is 3.81. The van der Waals surface area contributed by atoms with Gasteiger partial charge >= 0.3 is 6.09 Å². The van der Waals surface area contributed by atoms with E-state index in [-0.39, 0.29) is 36.0 Å². The Hall–Kier alpha value is -4.95. The predicted octanol–water partition coefficient (Wildman–Crippen LogP) is 5.67. The molecule has 0 saturated heterocycles. The summed E-state index contributed by atoms with van der Waals surface area (Å²) in [6, 6.07) is 9.78. The zero-order chi connectivity index (χ0) is 33.1. The number of hydrogen-bond donors (Lipinski definition) is 3. The van der Waals surface area contributed by atoms with E-state index in [2.05, 4.69) is 30.6 Å². The van der Waals surface area contributed by atoms with Gasteiger partial charge in [-0.25, -0.2) is 29.1 Å². The minimum Gasteiger partial charge on any atom is -0.487 e. The third kappa shape index (κ3) is 7.08. The Bertz CT molecular complexity index is 1940. The van der Waals surface area contributed by atoms with Crippen LogP contribution in [0.25, 0.3) is 31.8 Å². The Balaban J connectivity index is 1.05. The Kier molecular flexibility index (Phi) is 9.14. The Morgan fingerprint density at radius 1 is 1.11 bits per heavy atom. The summed E-state index contributed by atoms with van der Waals surface area (Å²) >= 11 is 1.37. The van der Waals surface area contributed by atoms with Gasteiger partial charge in [-0.05, 0) is 56.5 Å². The third-order valence-electron chi connectivity index (χ3n) is 8.05. The highest BCUT2D eigenvalue weighted by molar-refractivity contribution is 7.21. The van der Waals surface area contributed by atoms with Crippen LogP contribution in [0.2, 0.25) is 0 Å². The van der Waals surface area contributed by atoms with Crippen molar-refractivity contribution in [1.29, 1.82) is 0 Å². The second-order valence-electron chi connectivity index (χ2n) is 11.6. The standard InChI is InChI=1S/C33H33FN6O6S/c1-18-9-21(29-25(10-18)39-28(44-3)14-36-29)31-40-24-11-22(34)26(12-27(24)47-31)45-15-19(2)46-32(43)38-20-5-6-23(35-13-20)30(42)37-16-33(17-41)7-4-8-33/h5-6,9-14,19,41H,4,7-8,15-17H2,1-3H3,(H,37,42)(H,38,43)/t19-/m1/s1. The van der Waals surface area contributed by atoms with Crippen molar-refractivity contribution in [3.8, 4) is 22.2 Å². The number of carbonyl (C=O) groups excluding carboxylic acids is 2. The number of anilines is 1. The van der Waals surface area contributed by atoms with Gasteiger partial charge in [0.1, 0.15) is 23.4 Å². The smallest absolute Gasteiger partial charge is 0.412 e. The first kappa shape index (κ1) is 32.0. The van der Waals surface area contributed by atoms with Crippen molar-refractivity contribution in [2.45, 2.75) is 39.2 Å².